The molecule has 0 fully saturated rings. The largest absolute Gasteiger partial charge is 0.493 e. The van der Waals surface area contributed by atoms with Gasteiger partial charge in [-0.25, -0.2) is 26.4 Å². The summed E-state index contributed by atoms with van der Waals surface area (Å²) in [6, 6.07) is 31.5. The van der Waals surface area contributed by atoms with Crippen LogP contribution in [0.3, 0.4) is 0 Å². The minimum Gasteiger partial charge on any atom is -0.493 e. The maximum absolute atomic E-state index is 12.6. The van der Waals surface area contributed by atoms with Crippen molar-refractivity contribution in [2.75, 3.05) is 24.5 Å². The Morgan fingerprint density at radius 3 is 2.04 bits per heavy atom. The highest BCUT2D eigenvalue weighted by molar-refractivity contribution is 8.06. The second-order valence-electron chi connectivity index (χ2n) is 10.9. The van der Waals surface area contributed by atoms with Gasteiger partial charge < -0.3 is 14.4 Å². The highest BCUT2D eigenvalue weighted by Crippen LogP contribution is 2.37. The first kappa shape index (κ1) is 33.2. The number of ether oxygens (including phenoxy) is 1. The summed E-state index contributed by atoms with van der Waals surface area (Å²) in [5.74, 6) is -0.521. The predicted octanol–water partition coefficient (Wildman–Crippen LogP) is 5.72. The number of carboxylic acids is 1. The maximum Gasteiger partial charge on any atom is 0.335 e. The third kappa shape index (κ3) is 8.16. The Hall–Kier alpha value is -4.16. The molecule has 0 radical (unpaired) electrons. The van der Waals surface area contributed by atoms with Gasteiger partial charge in [0.2, 0.25) is 10.0 Å². The zero-order chi connectivity index (χ0) is 32.9. The molecule has 240 valence electrons. The summed E-state index contributed by atoms with van der Waals surface area (Å²) in [6.45, 7) is 0.203. The van der Waals surface area contributed by atoms with Gasteiger partial charge in [-0.3, -0.25) is 0 Å². The zero-order valence-corrected chi connectivity index (χ0v) is 27.4. The number of hydrogen-bond donors (Lipinski definition) is 2. The van der Waals surface area contributed by atoms with Crippen LogP contribution in [0.25, 0.3) is 10.9 Å². The Morgan fingerprint density at radius 2 is 1.48 bits per heavy atom. The van der Waals surface area contributed by atoms with Gasteiger partial charge in [0.25, 0.3) is 0 Å². The Kier molecular flexibility index (Phi) is 10.2. The van der Waals surface area contributed by atoms with Crippen LogP contribution in [0.15, 0.2) is 103 Å². The van der Waals surface area contributed by atoms with Crippen LogP contribution in [-0.4, -0.2) is 57.0 Å². The summed E-state index contributed by atoms with van der Waals surface area (Å²) in [4.78, 5) is 11.3. The lowest BCUT2D eigenvalue weighted by atomic mass is 9.97. The first-order valence-corrected chi connectivity index (χ1v) is 18.5. The van der Waals surface area contributed by atoms with E-state index in [9.17, 15) is 26.7 Å². The van der Waals surface area contributed by atoms with E-state index in [1.54, 1.807) is 12.1 Å². The first-order chi connectivity index (χ1) is 21.9. The molecule has 1 aromatic heterocycles. The average molecular weight is 681 g/mol. The van der Waals surface area contributed by atoms with Crippen LogP contribution < -0.4 is 9.46 Å². The van der Waals surface area contributed by atoms with Crippen molar-refractivity contribution in [3.05, 3.63) is 136 Å². The fourth-order valence-electron chi connectivity index (χ4n) is 5.63. The number of hydrogen-bond acceptors (Lipinski definition) is 6. The van der Waals surface area contributed by atoms with Gasteiger partial charge in [0.05, 0.1) is 18.2 Å². The minimum atomic E-state index is -4.09. The number of benzene rings is 4. The van der Waals surface area contributed by atoms with E-state index >= 15 is 0 Å². The van der Waals surface area contributed by atoms with E-state index in [1.165, 1.54) is 12.1 Å². The molecule has 0 bridgehead atoms. The third-order valence-corrected chi connectivity index (χ3v) is 11.3. The molecule has 12 heteroatoms. The zero-order valence-electron chi connectivity index (χ0n) is 25.0. The predicted molar refractivity (Wildman–Crippen MR) is 180 cm³/mol. The van der Waals surface area contributed by atoms with E-state index in [2.05, 4.69) is 9.29 Å². The second-order valence-corrected chi connectivity index (χ2v) is 15.7. The molecule has 1 heterocycles. The van der Waals surface area contributed by atoms with Crippen molar-refractivity contribution < 1.29 is 31.5 Å². The van der Waals surface area contributed by atoms with Gasteiger partial charge in [0.1, 0.15) is 5.75 Å². The number of aromatic nitrogens is 1. The van der Waals surface area contributed by atoms with Crippen LogP contribution >= 0.6 is 11.6 Å². The number of carboxylic acid groups (broad SMARTS) is 1. The van der Waals surface area contributed by atoms with Crippen LogP contribution in [0.2, 0.25) is 5.02 Å². The highest BCUT2D eigenvalue weighted by atomic mass is 35.5. The van der Waals surface area contributed by atoms with Crippen molar-refractivity contribution in [3.63, 3.8) is 0 Å². The number of halogens is 1. The fourth-order valence-corrected chi connectivity index (χ4v) is 8.80. The minimum absolute atomic E-state index is 0.0390. The molecule has 0 atom stereocenters. The number of nitrogens with one attached hydrogen (secondary N) is 1. The molecule has 0 aliphatic heterocycles. The van der Waals surface area contributed by atoms with Crippen LogP contribution in [0.4, 0.5) is 0 Å². The van der Waals surface area contributed by atoms with E-state index in [-0.39, 0.29) is 31.2 Å². The first-order valence-electron chi connectivity index (χ1n) is 14.4. The summed E-state index contributed by atoms with van der Waals surface area (Å²) < 4.78 is 59.4. The van der Waals surface area contributed by atoms with Gasteiger partial charge >= 0.3 is 5.97 Å². The number of fused-ring (bicyclic) bond motifs is 1. The fraction of sp³-hybridized carbons (Fsp3) is 0.206. The molecular formula is C34H33ClN2O7S2. The molecule has 0 amide bonds. The molecule has 0 saturated carbocycles. The monoisotopic (exact) mass is 680 g/mol. The molecule has 0 saturated heterocycles. The van der Waals surface area contributed by atoms with Crippen molar-refractivity contribution in [1.29, 1.82) is 0 Å². The van der Waals surface area contributed by atoms with Gasteiger partial charge in [-0.2, -0.15) is 0 Å². The van der Waals surface area contributed by atoms with Crippen molar-refractivity contribution in [2.24, 2.45) is 0 Å². The second kappa shape index (κ2) is 14.1. The maximum atomic E-state index is 12.6. The van der Waals surface area contributed by atoms with Crippen molar-refractivity contribution in [3.8, 4) is 5.75 Å². The normalized spacial score (nSPS) is 12.1. The number of sulfone groups is 1. The summed E-state index contributed by atoms with van der Waals surface area (Å²) in [7, 11) is -7.86. The van der Waals surface area contributed by atoms with Crippen LogP contribution in [0, 0.1) is 0 Å². The van der Waals surface area contributed by atoms with Crippen LogP contribution in [0.1, 0.15) is 38.8 Å². The lowest BCUT2D eigenvalue weighted by molar-refractivity contribution is 0.0696. The molecule has 46 heavy (non-hydrogen) atoms. The summed E-state index contributed by atoms with van der Waals surface area (Å²) in [5, 5.41) is 9.63. The van der Waals surface area contributed by atoms with E-state index in [1.807, 2.05) is 78.9 Å². The average Bonchev–Trinajstić information content (AvgIpc) is 3.29. The van der Waals surface area contributed by atoms with Gasteiger partial charge in [-0.05, 0) is 59.2 Å². The Morgan fingerprint density at radius 1 is 0.870 bits per heavy atom. The van der Waals surface area contributed by atoms with Crippen LogP contribution in [-0.2, 0) is 32.7 Å². The van der Waals surface area contributed by atoms with Gasteiger partial charge in [-0.1, -0.05) is 72.3 Å². The molecule has 9 nitrogen and oxygen atoms in total. The number of sulfonamides is 1. The van der Waals surface area contributed by atoms with Gasteiger partial charge in [0, 0.05) is 47.3 Å². The van der Waals surface area contributed by atoms with Crippen molar-refractivity contribution >= 4 is 48.3 Å². The molecule has 0 aliphatic carbocycles. The molecule has 0 spiro atoms. The molecule has 5 aromatic rings. The highest BCUT2D eigenvalue weighted by Gasteiger charge is 2.26. The third-order valence-electron chi connectivity index (χ3n) is 7.45. The number of carbonyl (C=O) groups is 1. The SMILES string of the molecule is CS(=O)(=O)CS(=O)(=O)NCCc1c(CCOc2ccc(C(=O)O)cc2)c2cc(Cl)ccc2n1C(c1ccccc1)c1ccccc1. The molecule has 5 rings (SSSR count). The van der Waals surface area contributed by atoms with E-state index < -0.39 is 30.9 Å². The Labute approximate surface area is 273 Å². The number of aromatic carboxylic acids is 1. The number of nitrogens with zero attached hydrogens (tertiary/aromatic N) is 1. The molecule has 4 aromatic carbocycles. The molecule has 0 unspecified atom stereocenters. The van der Waals surface area contributed by atoms with Crippen molar-refractivity contribution in [1.82, 2.24) is 9.29 Å². The summed E-state index contributed by atoms with van der Waals surface area (Å²) in [6.07, 6.45) is 1.55. The quantitative estimate of drug-likeness (QED) is 0.153. The van der Waals surface area contributed by atoms with E-state index in [0.29, 0.717) is 17.2 Å². The van der Waals surface area contributed by atoms with E-state index in [4.69, 9.17) is 16.3 Å². The van der Waals surface area contributed by atoms with Gasteiger partial charge in [-0.15, -0.1) is 0 Å². The summed E-state index contributed by atoms with van der Waals surface area (Å²) >= 11 is 6.52. The van der Waals surface area contributed by atoms with Crippen molar-refractivity contribution in [2.45, 2.75) is 18.9 Å². The van der Waals surface area contributed by atoms with E-state index in [0.717, 1.165) is 39.5 Å². The Balaban J connectivity index is 1.60. The standard InChI is InChI=1S/C34H33ClN2O7S2/c1-45(40,41)23-46(42,43)36-20-18-32-29(19-21-44-28-15-12-26(13-16-28)34(38)39)30-22-27(35)14-17-31(30)37(32)33(24-8-4-2-5-9-24)25-10-6-3-7-11-25/h2-17,22,33,36H,18-21,23H2,1H3,(H,38,39). The Bertz CT molecular complexity index is 2010. The molecular weight excluding hydrogens is 648 g/mol. The smallest absolute Gasteiger partial charge is 0.335 e. The summed E-state index contributed by atoms with van der Waals surface area (Å²) in [5.41, 5.74) is 4.80. The molecule has 0 aliphatic rings. The lowest BCUT2D eigenvalue weighted by Crippen LogP contribution is -2.32. The lowest BCUT2D eigenvalue weighted by Gasteiger charge is -2.25. The molecule has 2 N–H and O–H groups in total. The van der Waals surface area contributed by atoms with Gasteiger partial charge in [0.15, 0.2) is 14.9 Å². The number of rotatable bonds is 14. The van der Waals surface area contributed by atoms with Crippen LogP contribution in [0.5, 0.6) is 5.75 Å². The topological polar surface area (TPSA) is 132 Å².